The molecule has 2 atom stereocenters. The number of carbonyl (C=O) groups is 1. The highest BCUT2D eigenvalue weighted by Gasteiger charge is 2.39. The van der Waals surface area contributed by atoms with Gasteiger partial charge in [-0.1, -0.05) is 33.1 Å². The smallest absolute Gasteiger partial charge is 0.222 e. The third-order valence-electron chi connectivity index (χ3n) is 6.03. The SMILES string of the molecule is CC(C)CN1CC[C@H]2[C@H](CCC(=O)N2CC2CCCCC2)C1. The van der Waals surface area contributed by atoms with Crippen molar-refractivity contribution in [2.45, 2.75) is 71.3 Å². The fraction of sp³-hybridized carbons (Fsp3) is 0.947. The summed E-state index contributed by atoms with van der Waals surface area (Å²) < 4.78 is 0. The summed E-state index contributed by atoms with van der Waals surface area (Å²) >= 11 is 0. The van der Waals surface area contributed by atoms with Crippen LogP contribution < -0.4 is 0 Å². The lowest BCUT2D eigenvalue weighted by Gasteiger charge is -2.48. The molecule has 0 bridgehead atoms. The first-order valence-corrected chi connectivity index (χ1v) is 9.65. The van der Waals surface area contributed by atoms with Gasteiger partial charge >= 0.3 is 0 Å². The van der Waals surface area contributed by atoms with Crippen LogP contribution >= 0.6 is 0 Å². The van der Waals surface area contributed by atoms with Crippen molar-refractivity contribution >= 4 is 5.91 Å². The van der Waals surface area contributed by atoms with Gasteiger partial charge in [0.2, 0.25) is 5.91 Å². The van der Waals surface area contributed by atoms with Gasteiger partial charge in [0.05, 0.1) is 0 Å². The highest BCUT2D eigenvalue weighted by molar-refractivity contribution is 5.77. The van der Waals surface area contributed by atoms with E-state index in [-0.39, 0.29) is 0 Å². The van der Waals surface area contributed by atoms with E-state index in [4.69, 9.17) is 0 Å². The van der Waals surface area contributed by atoms with Gasteiger partial charge < -0.3 is 9.80 Å². The van der Waals surface area contributed by atoms with Gasteiger partial charge in [-0.2, -0.15) is 0 Å². The number of amides is 1. The number of piperidine rings is 2. The summed E-state index contributed by atoms with van der Waals surface area (Å²) in [6, 6.07) is 0.548. The molecule has 2 saturated heterocycles. The van der Waals surface area contributed by atoms with Crippen molar-refractivity contribution in [2.24, 2.45) is 17.8 Å². The average molecular weight is 306 g/mol. The highest BCUT2D eigenvalue weighted by Crippen LogP contribution is 2.34. The summed E-state index contributed by atoms with van der Waals surface area (Å²) in [5, 5.41) is 0. The minimum Gasteiger partial charge on any atom is -0.339 e. The molecule has 22 heavy (non-hydrogen) atoms. The Morgan fingerprint density at radius 3 is 2.59 bits per heavy atom. The molecular weight excluding hydrogens is 272 g/mol. The number of hydrogen-bond donors (Lipinski definition) is 0. The third kappa shape index (κ3) is 3.84. The van der Waals surface area contributed by atoms with E-state index in [9.17, 15) is 4.79 Å². The van der Waals surface area contributed by atoms with E-state index < -0.39 is 0 Å². The maximum Gasteiger partial charge on any atom is 0.222 e. The van der Waals surface area contributed by atoms with Crippen LogP contribution in [0.15, 0.2) is 0 Å². The normalized spacial score (nSPS) is 31.6. The predicted octanol–water partition coefficient (Wildman–Crippen LogP) is 3.54. The van der Waals surface area contributed by atoms with Crippen LogP contribution in [0, 0.1) is 17.8 Å². The number of hydrogen-bond acceptors (Lipinski definition) is 2. The molecule has 0 aromatic rings. The summed E-state index contributed by atoms with van der Waals surface area (Å²) in [4.78, 5) is 17.5. The largest absolute Gasteiger partial charge is 0.339 e. The van der Waals surface area contributed by atoms with Gasteiger partial charge in [-0.25, -0.2) is 0 Å². The van der Waals surface area contributed by atoms with Crippen LogP contribution in [0.4, 0.5) is 0 Å². The van der Waals surface area contributed by atoms with Gasteiger partial charge in [-0.05, 0) is 43.4 Å². The summed E-state index contributed by atoms with van der Waals surface area (Å²) in [5.41, 5.74) is 0. The second kappa shape index (κ2) is 7.33. The molecule has 3 nitrogen and oxygen atoms in total. The van der Waals surface area contributed by atoms with Crippen molar-refractivity contribution < 1.29 is 4.79 Å². The molecule has 1 amide bonds. The van der Waals surface area contributed by atoms with E-state index in [0.29, 0.717) is 11.9 Å². The lowest BCUT2D eigenvalue weighted by atomic mass is 9.81. The van der Waals surface area contributed by atoms with Crippen molar-refractivity contribution in [3.63, 3.8) is 0 Å². The van der Waals surface area contributed by atoms with E-state index in [2.05, 4.69) is 23.6 Å². The molecular formula is C19H34N2O. The minimum absolute atomic E-state index is 0.448. The van der Waals surface area contributed by atoms with Crippen molar-refractivity contribution in [2.75, 3.05) is 26.2 Å². The molecule has 0 radical (unpaired) electrons. The van der Waals surface area contributed by atoms with Gasteiger partial charge in [0, 0.05) is 38.6 Å². The van der Waals surface area contributed by atoms with Crippen LogP contribution in [0.5, 0.6) is 0 Å². The van der Waals surface area contributed by atoms with Crippen LogP contribution in [-0.4, -0.2) is 47.9 Å². The third-order valence-corrected chi connectivity index (χ3v) is 6.03. The van der Waals surface area contributed by atoms with Gasteiger partial charge in [0.25, 0.3) is 0 Å². The Labute approximate surface area is 136 Å². The number of fused-ring (bicyclic) bond motifs is 1. The van der Waals surface area contributed by atoms with Gasteiger partial charge in [-0.15, -0.1) is 0 Å². The molecule has 2 heterocycles. The Hall–Kier alpha value is -0.570. The number of likely N-dealkylation sites (tertiary alicyclic amines) is 2. The fourth-order valence-electron chi connectivity index (χ4n) is 4.99. The standard InChI is InChI=1S/C19H34N2O/c1-15(2)12-20-11-10-18-17(14-20)8-9-19(22)21(18)13-16-6-4-3-5-7-16/h15-18H,3-14H2,1-2H3/t17-,18+/m1/s1. The van der Waals surface area contributed by atoms with Gasteiger partial charge in [-0.3, -0.25) is 4.79 Å². The Bertz CT molecular complexity index is 376. The van der Waals surface area contributed by atoms with Crippen LogP contribution in [0.2, 0.25) is 0 Å². The van der Waals surface area contributed by atoms with Crippen molar-refractivity contribution in [3.8, 4) is 0 Å². The molecule has 0 spiro atoms. The molecule has 3 aliphatic rings. The molecule has 1 saturated carbocycles. The van der Waals surface area contributed by atoms with Crippen LogP contribution in [0.25, 0.3) is 0 Å². The van der Waals surface area contributed by atoms with Crippen molar-refractivity contribution in [3.05, 3.63) is 0 Å². The van der Waals surface area contributed by atoms with E-state index in [0.717, 1.165) is 37.1 Å². The zero-order chi connectivity index (χ0) is 15.5. The highest BCUT2D eigenvalue weighted by atomic mass is 16.2. The Kier molecular flexibility index (Phi) is 5.43. The molecule has 3 fully saturated rings. The quantitative estimate of drug-likeness (QED) is 0.793. The molecule has 126 valence electrons. The first kappa shape index (κ1) is 16.3. The number of nitrogens with zero attached hydrogens (tertiary/aromatic N) is 2. The summed E-state index contributed by atoms with van der Waals surface area (Å²) in [7, 11) is 0. The van der Waals surface area contributed by atoms with Crippen LogP contribution in [-0.2, 0) is 4.79 Å². The molecule has 0 unspecified atom stereocenters. The molecule has 1 aliphatic carbocycles. The molecule has 0 aromatic heterocycles. The molecule has 0 aromatic carbocycles. The van der Waals surface area contributed by atoms with E-state index in [1.807, 2.05) is 0 Å². The fourth-order valence-corrected chi connectivity index (χ4v) is 4.99. The Balaban J connectivity index is 1.59. The Morgan fingerprint density at radius 2 is 1.86 bits per heavy atom. The average Bonchev–Trinajstić information content (AvgIpc) is 2.50. The van der Waals surface area contributed by atoms with Gasteiger partial charge in [0.1, 0.15) is 0 Å². The molecule has 2 aliphatic heterocycles. The summed E-state index contributed by atoms with van der Waals surface area (Å²) in [6.45, 7) is 9.31. The summed E-state index contributed by atoms with van der Waals surface area (Å²) in [5.74, 6) is 2.71. The van der Waals surface area contributed by atoms with E-state index in [1.165, 1.54) is 58.2 Å². The van der Waals surface area contributed by atoms with E-state index in [1.54, 1.807) is 0 Å². The van der Waals surface area contributed by atoms with Crippen LogP contribution in [0.3, 0.4) is 0 Å². The monoisotopic (exact) mass is 306 g/mol. The molecule has 3 heteroatoms. The first-order chi connectivity index (χ1) is 10.6. The second-order valence-corrected chi connectivity index (χ2v) is 8.36. The predicted molar refractivity (Wildman–Crippen MR) is 90.7 cm³/mol. The molecule has 0 N–H and O–H groups in total. The topological polar surface area (TPSA) is 23.6 Å². The second-order valence-electron chi connectivity index (χ2n) is 8.36. The van der Waals surface area contributed by atoms with Crippen molar-refractivity contribution in [1.82, 2.24) is 9.80 Å². The van der Waals surface area contributed by atoms with E-state index >= 15 is 0 Å². The number of rotatable bonds is 4. The van der Waals surface area contributed by atoms with Crippen LogP contribution in [0.1, 0.15) is 65.2 Å². The number of carbonyl (C=O) groups excluding carboxylic acids is 1. The Morgan fingerprint density at radius 1 is 1.09 bits per heavy atom. The maximum atomic E-state index is 12.5. The maximum absolute atomic E-state index is 12.5. The lowest BCUT2D eigenvalue weighted by molar-refractivity contribution is -0.142. The molecule has 3 rings (SSSR count). The first-order valence-electron chi connectivity index (χ1n) is 9.65. The van der Waals surface area contributed by atoms with Crippen molar-refractivity contribution in [1.29, 1.82) is 0 Å². The lowest BCUT2D eigenvalue weighted by Crippen LogP contribution is -2.57. The zero-order valence-corrected chi connectivity index (χ0v) is 14.6. The minimum atomic E-state index is 0.448. The van der Waals surface area contributed by atoms with Gasteiger partial charge in [0.15, 0.2) is 0 Å². The summed E-state index contributed by atoms with van der Waals surface area (Å²) in [6.07, 6.45) is 9.98. The zero-order valence-electron chi connectivity index (χ0n) is 14.6.